The Morgan fingerprint density at radius 1 is 1.33 bits per heavy atom. The largest absolute Gasteiger partial charge is 0.393 e. The fourth-order valence-corrected chi connectivity index (χ4v) is 2.90. The molecule has 4 heteroatoms. The highest BCUT2D eigenvalue weighted by atomic mass is 16.3. The van der Waals surface area contributed by atoms with E-state index in [0.29, 0.717) is 5.92 Å². The van der Waals surface area contributed by atoms with Gasteiger partial charge in [-0.15, -0.1) is 0 Å². The van der Waals surface area contributed by atoms with Gasteiger partial charge < -0.3 is 15.7 Å². The highest BCUT2D eigenvalue weighted by molar-refractivity contribution is 5.88. The molecule has 0 aromatic heterocycles. The second-order valence-electron chi connectivity index (χ2n) is 6.11. The molecule has 1 aromatic carbocycles. The van der Waals surface area contributed by atoms with E-state index in [4.69, 9.17) is 0 Å². The zero-order chi connectivity index (χ0) is 15.2. The molecule has 0 bridgehead atoms. The third-order valence-electron chi connectivity index (χ3n) is 4.24. The van der Waals surface area contributed by atoms with Crippen LogP contribution in [0.2, 0.25) is 0 Å². The fraction of sp³-hybridized carbons (Fsp3) is 0.588. The Bertz CT molecular complexity index is 468. The lowest BCUT2D eigenvalue weighted by atomic mass is 9.87. The number of anilines is 1. The Morgan fingerprint density at radius 2 is 2.05 bits per heavy atom. The number of amides is 1. The van der Waals surface area contributed by atoms with Crippen LogP contribution in [0.4, 0.5) is 5.69 Å². The molecule has 0 saturated heterocycles. The smallest absolute Gasteiger partial charge is 0.221 e. The maximum Gasteiger partial charge on any atom is 0.221 e. The van der Waals surface area contributed by atoms with Crippen molar-refractivity contribution in [3.05, 3.63) is 29.8 Å². The number of carbonyl (C=O) groups is 1. The standard InChI is InChI=1S/C17H26N2O2/c1-12(18-11-14-6-8-17(21)9-7-14)15-4-3-5-16(10-15)19-13(2)20/h3-5,10,12,14,17-18,21H,6-9,11H2,1-2H3,(H,19,20). The van der Waals surface area contributed by atoms with Crippen LogP contribution in [-0.2, 0) is 4.79 Å². The number of aliphatic hydroxyl groups is 1. The summed E-state index contributed by atoms with van der Waals surface area (Å²) in [5.41, 5.74) is 2.02. The van der Waals surface area contributed by atoms with E-state index in [1.165, 1.54) is 12.5 Å². The van der Waals surface area contributed by atoms with E-state index in [-0.39, 0.29) is 18.1 Å². The molecule has 1 atom stereocenters. The average Bonchev–Trinajstić information content (AvgIpc) is 2.46. The van der Waals surface area contributed by atoms with Crippen molar-refractivity contribution in [3.8, 4) is 0 Å². The molecule has 1 aliphatic carbocycles. The summed E-state index contributed by atoms with van der Waals surface area (Å²) in [5.74, 6) is 0.614. The van der Waals surface area contributed by atoms with E-state index in [9.17, 15) is 9.90 Å². The number of hydrogen-bond acceptors (Lipinski definition) is 3. The van der Waals surface area contributed by atoms with E-state index in [0.717, 1.165) is 37.9 Å². The molecule has 21 heavy (non-hydrogen) atoms. The third-order valence-corrected chi connectivity index (χ3v) is 4.24. The Kier molecular flexibility index (Phi) is 5.76. The fourth-order valence-electron chi connectivity index (χ4n) is 2.90. The SMILES string of the molecule is CC(=O)Nc1cccc(C(C)NCC2CCC(O)CC2)c1. The summed E-state index contributed by atoms with van der Waals surface area (Å²) < 4.78 is 0. The molecule has 1 aliphatic rings. The van der Waals surface area contributed by atoms with Crippen LogP contribution in [0.3, 0.4) is 0 Å². The Balaban J connectivity index is 1.85. The number of benzene rings is 1. The van der Waals surface area contributed by atoms with Gasteiger partial charge in [0.15, 0.2) is 0 Å². The van der Waals surface area contributed by atoms with Gasteiger partial charge in [-0.3, -0.25) is 4.79 Å². The molecule has 1 aromatic rings. The molecular weight excluding hydrogens is 264 g/mol. The van der Waals surface area contributed by atoms with Gasteiger partial charge >= 0.3 is 0 Å². The van der Waals surface area contributed by atoms with Crippen LogP contribution in [-0.4, -0.2) is 23.7 Å². The summed E-state index contributed by atoms with van der Waals surface area (Å²) in [5, 5.41) is 15.9. The molecule has 4 nitrogen and oxygen atoms in total. The van der Waals surface area contributed by atoms with Crippen LogP contribution in [0.15, 0.2) is 24.3 Å². The zero-order valence-corrected chi connectivity index (χ0v) is 12.9. The summed E-state index contributed by atoms with van der Waals surface area (Å²) in [7, 11) is 0. The van der Waals surface area contributed by atoms with Gasteiger partial charge in [0, 0.05) is 18.7 Å². The maximum absolute atomic E-state index is 11.1. The highest BCUT2D eigenvalue weighted by Crippen LogP contribution is 2.24. The predicted octanol–water partition coefficient (Wildman–Crippen LogP) is 2.85. The van der Waals surface area contributed by atoms with E-state index >= 15 is 0 Å². The lowest BCUT2D eigenvalue weighted by Gasteiger charge is -2.27. The monoisotopic (exact) mass is 290 g/mol. The van der Waals surface area contributed by atoms with Crippen LogP contribution in [0, 0.1) is 5.92 Å². The summed E-state index contributed by atoms with van der Waals surface area (Å²) in [6.07, 6.45) is 3.98. The molecule has 0 radical (unpaired) electrons. The Morgan fingerprint density at radius 3 is 2.71 bits per heavy atom. The van der Waals surface area contributed by atoms with Crippen molar-refractivity contribution >= 4 is 11.6 Å². The quantitative estimate of drug-likeness (QED) is 0.781. The molecule has 0 heterocycles. The van der Waals surface area contributed by atoms with Crippen molar-refractivity contribution in [2.45, 2.75) is 51.7 Å². The van der Waals surface area contributed by atoms with Gasteiger partial charge in [-0.1, -0.05) is 12.1 Å². The third kappa shape index (κ3) is 5.14. The minimum atomic E-state index is -0.0898. The van der Waals surface area contributed by atoms with Crippen molar-refractivity contribution in [2.75, 3.05) is 11.9 Å². The van der Waals surface area contributed by atoms with Crippen molar-refractivity contribution < 1.29 is 9.90 Å². The van der Waals surface area contributed by atoms with Crippen molar-refractivity contribution in [3.63, 3.8) is 0 Å². The van der Waals surface area contributed by atoms with Gasteiger partial charge in [0.1, 0.15) is 0 Å². The van der Waals surface area contributed by atoms with Gasteiger partial charge in [0.25, 0.3) is 0 Å². The highest BCUT2D eigenvalue weighted by Gasteiger charge is 2.19. The second kappa shape index (κ2) is 7.57. The lowest BCUT2D eigenvalue weighted by molar-refractivity contribution is -0.114. The predicted molar refractivity (Wildman–Crippen MR) is 85.1 cm³/mol. The normalized spacial score (nSPS) is 23.6. The van der Waals surface area contributed by atoms with Crippen molar-refractivity contribution in [2.24, 2.45) is 5.92 Å². The Labute approximate surface area is 126 Å². The van der Waals surface area contributed by atoms with Crippen LogP contribution >= 0.6 is 0 Å². The molecule has 0 aliphatic heterocycles. The van der Waals surface area contributed by atoms with E-state index in [1.807, 2.05) is 18.2 Å². The number of rotatable bonds is 5. The number of nitrogens with one attached hydrogen (secondary N) is 2. The lowest BCUT2D eigenvalue weighted by Crippen LogP contribution is -2.29. The molecule has 1 amide bonds. The second-order valence-corrected chi connectivity index (χ2v) is 6.11. The minimum absolute atomic E-state index is 0.0477. The summed E-state index contributed by atoms with van der Waals surface area (Å²) >= 11 is 0. The van der Waals surface area contributed by atoms with Crippen molar-refractivity contribution in [1.29, 1.82) is 0 Å². The first kappa shape index (κ1) is 16.0. The van der Waals surface area contributed by atoms with Gasteiger partial charge in [0.05, 0.1) is 6.10 Å². The van der Waals surface area contributed by atoms with Crippen LogP contribution in [0.1, 0.15) is 51.1 Å². The van der Waals surface area contributed by atoms with E-state index in [1.54, 1.807) is 0 Å². The maximum atomic E-state index is 11.1. The molecule has 0 spiro atoms. The van der Waals surface area contributed by atoms with Crippen LogP contribution in [0.25, 0.3) is 0 Å². The summed E-state index contributed by atoms with van der Waals surface area (Å²) in [4.78, 5) is 11.1. The van der Waals surface area contributed by atoms with Gasteiger partial charge in [-0.25, -0.2) is 0 Å². The molecular formula is C17H26N2O2. The number of hydrogen-bond donors (Lipinski definition) is 3. The molecule has 1 unspecified atom stereocenters. The summed E-state index contributed by atoms with van der Waals surface area (Å²) in [6.45, 7) is 4.65. The van der Waals surface area contributed by atoms with Gasteiger partial charge in [-0.05, 0) is 62.8 Å². The molecule has 2 rings (SSSR count). The van der Waals surface area contributed by atoms with Crippen LogP contribution in [0.5, 0.6) is 0 Å². The van der Waals surface area contributed by atoms with Gasteiger partial charge in [-0.2, -0.15) is 0 Å². The minimum Gasteiger partial charge on any atom is -0.393 e. The van der Waals surface area contributed by atoms with E-state index in [2.05, 4.69) is 23.6 Å². The van der Waals surface area contributed by atoms with Crippen LogP contribution < -0.4 is 10.6 Å². The molecule has 116 valence electrons. The first-order chi connectivity index (χ1) is 10.0. The molecule has 1 fully saturated rings. The van der Waals surface area contributed by atoms with E-state index < -0.39 is 0 Å². The number of aliphatic hydroxyl groups excluding tert-OH is 1. The van der Waals surface area contributed by atoms with Gasteiger partial charge in [0.2, 0.25) is 5.91 Å². The Hall–Kier alpha value is -1.39. The molecule has 1 saturated carbocycles. The zero-order valence-electron chi connectivity index (χ0n) is 12.9. The first-order valence-corrected chi connectivity index (χ1v) is 7.83. The number of carbonyl (C=O) groups excluding carboxylic acids is 1. The van der Waals surface area contributed by atoms with Crippen molar-refractivity contribution in [1.82, 2.24) is 5.32 Å². The topological polar surface area (TPSA) is 61.4 Å². The average molecular weight is 290 g/mol. The molecule has 3 N–H and O–H groups in total. The first-order valence-electron chi connectivity index (χ1n) is 7.83. The summed E-state index contributed by atoms with van der Waals surface area (Å²) in [6, 6.07) is 8.22.